The number of hydrogen-bond donors (Lipinski definition) is 0. The van der Waals surface area contributed by atoms with Gasteiger partial charge in [-0.05, 0) is 21.6 Å². The van der Waals surface area contributed by atoms with Gasteiger partial charge in [0.1, 0.15) is 12.3 Å². The van der Waals surface area contributed by atoms with Gasteiger partial charge in [0.15, 0.2) is 0 Å². The maximum atomic E-state index is 10.8. The number of rotatable bonds is 6. The molecule has 0 radical (unpaired) electrons. The first kappa shape index (κ1) is 19.7. The quantitative estimate of drug-likeness (QED) is 0.452. The number of nitrogens with zero attached hydrogens (tertiary/aromatic N) is 5. The van der Waals surface area contributed by atoms with E-state index >= 15 is 0 Å². The Hall–Kier alpha value is -3.23. The van der Waals surface area contributed by atoms with Crippen LogP contribution >= 0.6 is 0 Å². The molecule has 2 aromatic carbocycles. The van der Waals surface area contributed by atoms with E-state index in [4.69, 9.17) is 4.74 Å². The van der Waals surface area contributed by atoms with E-state index in [0.29, 0.717) is 12.6 Å². The molecule has 0 N–H and O–H groups in total. The number of benzene rings is 2. The third-order valence-corrected chi connectivity index (χ3v) is 5.98. The molecule has 8 nitrogen and oxygen atoms in total. The van der Waals surface area contributed by atoms with Gasteiger partial charge in [-0.15, -0.1) is 0 Å². The van der Waals surface area contributed by atoms with Crippen molar-refractivity contribution in [2.24, 2.45) is 0 Å². The van der Waals surface area contributed by atoms with Gasteiger partial charge in [-0.25, -0.2) is 0 Å². The largest absolute Gasteiger partial charge is 0.439 e. The van der Waals surface area contributed by atoms with E-state index in [1.807, 2.05) is 6.07 Å². The fraction of sp³-hybridized carbons (Fsp3) is 0.348. The molecular weight excluding hydrogens is 394 g/mol. The number of nitro groups is 1. The predicted molar refractivity (Wildman–Crippen MR) is 117 cm³/mol. The predicted octanol–water partition coefficient (Wildman–Crippen LogP) is 3.04. The van der Waals surface area contributed by atoms with Crippen molar-refractivity contribution in [1.29, 1.82) is 0 Å². The zero-order chi connectivity index (χ0) is 21.2. The van der Waals surface area contributed by atoms with Gasteiger partial charge in [0.25, 0.3) is 0 Å². The van der Waals surface area contributed by atoms with Gasteiger partial charge in [-0.3, -0.25) is 14.4 Å². The molecule has 0 aliphatic carbocycles. The molecule has 0 bridgehead atoms. The summed E-state index contributed by atoms with van der Waals surface area (Å²) in [6, 6.07) is 19.6. The molecule has 0 unspecified atom stereocenters. The highest BCUT2D eigenvalue weighted by Crippen LogP contribution is 2.25. The van der Waals surface area contributed by atoms with Crippen molar-refractivity contribution in [2.45, 2.75) is 19.2 Å². The van der Waals surface area contributed by atoms with Crippen LogP contribution in [0.25, 0.3) is 11.1 Å². The van der Waals surface area contributed by atoms with Crippen molar-refractivity contribution in [3.8, 4) is 17.1 Å². The third-order valence-electron chi connectivity index (χ3n) is 5.98. The first-order chi connectivity index (χ1) is 15.1. The zero-order valence-corrected chi connectivity index (χ0v) is 17.3. The van der Waals surface area contributed by atoms with E-state index < -0.39 is 4.92 Å². The average Bonchev–Trinajstić information content (AvgIpc) is 3.35. The second kappa shape index (κ2) is 8.49. The first-order valence-corrected chi connectivity index (χ1v) is 10.6. The summed E-state index contributed by atoms with van der Waals surface area (Å²) >= 11 is 0. The van der Waals surface area contributed by atoms with Crippen molar-refractivity contribution >= 4 is 5.82 Å². The number of piperazine rings is 1. The molecule has 0 saturated carbocycles. The average molecular weight is 419 g/mol. The van der Waals surface area contributed by atoms with Gasteiger partial charge in [-0.1, -0.05) is 54.6 Å². The normalized spacial score (nSPS) is 19.2. The van der Waals surface area contributed by atoms with Gasteiger partial charge in [-0.2, -0.15) is 0 Å². The van der Waals surface area contributed by atoms with E-state index in [1.54, 1.807) is 4.57 Å². The van der Waals surface area contributed by atoms with Crippen LogP contribution in [0, 0.1) is 10.1 Å². The topological polar surface area (TPSA) is 76.7 Å². The van der Waals surface area contributed by atoms with E-state index in [-0.39, 0.29) is 11.9 Å². The van der Waals surface area contributed by atoms with E-state index in [1.165, 1.54) is 22.9 Å². The highest BCUT2D eigenvalue weighted by Gasteiger charge is 2.32. The SMILES string of the molecule is O=[N+]([O-])c1cn2c(n1)O[C@@H](CN1CCN(Cc3ccc(-c4ccccc4)cc3)CC1)C2. The molecule has 31 heavy (non-hydrogen) atoms. The molecule has 2 aliphatic rings. The highest BCUT2D eigenvalue weighted by molar-refractivity contribution is 5.63. The van der Waals surface area contributed by atoms with Crippen LogP contribution in [0.5, 0.6) is 6.01 Å². The molecule has 5 rings (SSSR count). The minimum atomic E-state index is -0.488. The molecule has 8 heteroatoms. The number of hydrogen-bond acceptors (Lipinski definition) is 6. The van der Waals surface area contributed by atoms with Crippen molar-refractivity contribution < 1.29 is 9.66 Å². The molecule has 1 atom stereocenters. The van der Waals surface area contributed by atoms with Crippen molar-refractivity contribution in [2.75, 3.05) is 32.7 Å². The second-order valence-electron chi connectivity index (χ2n) is 8.17. The third kappa shape index (κ3) is 4.45. The summed E-state index contributed by atoms with van der Waals surface area (Å²) < 4.78 is 7.54. The van der Waals surface area contributed by atoms with E-state index in [0.717, 1.165) is 39.3 Å². The molecule has 3 heterocycles. The summed E-state index contributed by atoms with van der Waals surface area (Å²) in [5.74, 6) is -0.154. The number of fused-ring (bicyclic) bond motifs is 1. The van der Waals surface area contributed by atoms with Crippen LogP contribution in [-0.2, 0) is 13.1 Å². The lowest BCUT2D eigenvalue weighted by molar-refractivity contribution is -0.389. The molecular formula is C23H25N5O3. The lowest BCUT2D eigenvalue weighted by Gasteiger charge is -2.35. The number of aromatic nitrogens is 2. The standard InChI is InChI=1S/C23H25N5O3/c29-28(30)22-17-27-16-21(31-23(27)24-22)15-26-12-10-25(11-13-26)14-18-6-8-20(9-7-18)19-4-2-1-3-5-19/h1-9,17,21H,10-16H2/t21-/m0/s1. The van der Waals surface area contributed by atoms with Gasteiger partial charge < -0.3 is 14.9 Å². The summed E-state index contributed by atoms with van der Waals surface area (Å²) in [6.07, 6.45) is 1.46. The lowest BCUT2D eigenvalue weighted by atomic mass is 10.0. The van der Waals surface area contributed by atoms with Gasteiger partial charge in [0.05, 0.1) is 6.54 Å². The minimum absolute atomic E-state index is 0.000356. The fourth-order valence-electron chi connectivity index (χ4n) is 4.31. The summed E-state index contributed by atoms with van der Waals surface area (Å²) in [5, 5.41) is 10.8. The monoisotopic (exact) mass is 419 g/mol. The maximum absolute atomic E-state index is 10.8. The smallest absolute Gasteiger partial charge is 0.414 e. The minimum Gasteiger partial charge on any atom is -0.439 e. The Morgan fingerprint density at radius 1 is 0.968 bits per heavy atom. The van der Waals surface area contributed by atoms with Crippen molar-refractivity contribution in [3.05, 3.63) is 76.5 Å². The lowest BCUT2D eigenvalue weighted by Crippen LogP contribution is -2.48. The molecule has 0 amide bonds. The molecule has 1 aromatic heterocycles. The van der Waals surface area contributed by atoms with Crippen LogP contribution < -0.4 is 4.74 Å². The van der Waals surface area contributed by atoms with E-state index in [2.05, 4.69) is 63.3 Å². The number of imidazole rings is 1. The summed E-state index contributed by atoms with van der Waals surface area (Å²) in [6.45, 7) is 6.41. The summed E-state index contributed by atoms with van der Waals surface area (Å²) in [7, 11) is 0. The highest BCUT2D eigenvalue weighted by atomic mass is 16.6. The zero-order valence-electron chi connectivity index (χ0n) is 17.3. The van der Waals surface area contributed by atoms with Crippen LogP contribution in [0.3, 0.4) is 0 Å². The second-order valence-corrected chi connectivity index (χ2v) is 8.17. The molecule has 2 aliphatic heterocycles. The van der Waals surface area contributed by atoms with Crippen LogP contribution in [0.15, 0.2) is 60.8 Å². The fourth-order valence-corrected chi connectivity index (χ4v) is 4.31. The van der Waals surface area contributed by atoms with Crippen LogP contribution in [-0.4, -0.2) is 63.1 Å². The Balaban J connectivity index is 1.09. The van der Waals surface area contributed by atoms with Gasteiger partial charge >= 0.3 is 11.8 Å². The van der Waals surface area contributed by atoms with Gasteiger partial charge in [0.2, 0.25) is 0 Å². The van der Waals surface area contributed by atoms with Crippen LogP contribution in [0.2, 0.25) is 0 Å². The maximum Gasteiger partial charge on any atom is 0.414 e. The number of ether oxygens (including phenoxy) is 1. The molecule has 0 spiro atoms. The van der Waals surface area contributed by atoms with Crippen LogP contribution in [0.1, 0.15) is 5.56 Å². The molecule has 1 saturated heterocycles. The first-order valence-electron chi connectivity index (χ1n) is 10.6. The van der Waals surface area contributed by atoms with Gasteiger partial charge in [0, 0.05) is 44.3 Å². The summed E-state index contributed by atoms with van der Waals surface area (Å²) in [5.41, 5.74) is 3.82. The Labute approximate surface area is 180 Å². The molecule has 3 aromatic rings. The Morgan fingerprint density at radius 3 is 2.32 bits per heavy atom. The molecule has 1 fully saturated rings. The Bertz CT molecular complexity index is 1020. The Morgan fingerprint density at radius 2 is 1.65 bits per heavy atom. The van der Waals surface area contributed by atoms with E-state index in [9.17, 15) is 10.1 Å². The molecule has 160 valence electrons. The Kier molecular flexibility index (Phi) is 5.40. The van der Waals surface area contributed by atoms with Crippen LogP contribution in [0.4, 0.5) is 5.82 Å². The van der Waals surface area contributed by atoms with Crippen molar-refractivity contribution in [1.82, 2.24) is 19.4 Å². The summed E-state index contributed by atoms with van der Waals surface area (Å²) in [4.78, 5) is 19.1. The van der Waals surface area contributed by atoms with Crippen molar-refractivity contribution in [3.63, 3.8) is 0 Å².